The number of aromatic nitrogens is 1. The fraction of sp³-hybridized carbons (Fsp3) is 0. The highest BCUT2D eigenvalue weighted by molar-refractivity contribution is 9.11. The molecule has 3 aromatic carbocycles. The number of carbonyl (C=O) groups excluding carboxylic acids is 1. The van der Waals surface area contributed by atoms with Crippen LogP contribution in [0.5, 0.6) is 0 Å². The molecule has 0 aliphatic rings. The topological polar surface area (TPSA) is 55.1 Å². The van der Waals surface area contributed by atoms with E-state index in [2.05, 4.69) is 54.5 Å². The van der Waals surface area contributed by atoms with Gasteiger partial charge < -0.3 is 9.84 Å². The Hall–Kier alpha value is -2.70. The van der Waals surface area contributed by atoms with E-state index < -0.39 is 0 Å². The summed E-state index contributed by atoms with van der Waals surface area (Å²) < 4.78 is 6.79. The molecule has 0 saturated carbocycles. The van der Waals surface area contributed by atoms with E-state index in [0.29, 0.717) is 26.1 Å². The Bertz CT molecular complexity index is 1100. The molecule has 0 saturated heterocycles. The van der Waals surface area contributed by atoms with E-state index in [1.165, 1.54) is 0 Å². The average molecular weight is 498 g/mol. The monoisotopic (exact) mass is 496 g/mol. The minimum atomic E-state index is -0.279. The normalized spacial score (nSPS) is 10.6. The summed E-state index contributed by atoms with van der Waals surface area (Å²) in [6.07, 6.45) is 0. The molecule has 0 radical (unpaired) electrons. The molecule has 0 fully saturated rings. The van der Waals surface area contributed by atoms with Crippen LogP contribution < -0.4 is 5.32 Å². The molecule has 28 heavy (non-hydrogen) atoms. The molecule has 1 N–H and O–H groups in total. The molecule has 0 aliphatic carbocycles. The number of rotatable bonds is 4. The number of nitrogens with zero attached hydrogens (tertiary/aromatic N) is 1. The van der Waals surface area contributed by atoms with E-state index in [-0.39, 0.29) is 5.91 Å². The Morgan fingerprint density at radius 2 is 1.39 bits per heavy atom. The van der Waals surface area contributed by atoms with Crippen molar-refractivity contribution in [3.05, 3.63) is 93.4 Å². The molecule has 1 heterocycles. The highest BCUT2D eigenvalue weighted by atomic mass is 79.9. The number of carbonyl (C=O) groups is 1. The lowest BCUT2D eigenvalue weighted by molar-refractivity contribution is 0.102. The Balaban J connectivity index is 1.52. The number of nitrogens with one attached hydrogen (secondary N) is 1. The van der Waals surface area contributed by atoms with Gasteiger partial charge in [0.15, 0.2) is 11.6 Å². The molecule has 1 aromatic heterocycles. The van der Waals surface area contributed by atoms with Crippen molar-refractivity contribution in [3.63, 3.8) is 0 Å². The van der Waals surface area contributed by atoms with Crippen molar-refractivity contribution in [1.29, 1.82) is 0 Å². The molecule has 6 heteroatoms. The first kappa shape index (κ1) is 18.7. The zero-order valence-electron chi connectivity index (χ0n) is 14.5. The lowest BCUT2D eigenvalue weighted by Gasteiger charge is -2.06. The SMILES string of the molecule is O=C(Nc1cc(-c2ccc(-c3ccccc3)cc2)on1)c1c(Br)cccc1Br. The van der Waals surface area contributed by atoms with Gasteiger partial charge in [0.25, 0.3) is 5.91 Å². The summed E-state index contributed by atoms with van der Waals surface area (Å²) in [5, 5.41) is 6.72. The van der Waals surface area contributed by atoms with Gasteiger partial charge in [-0.2, -0.15) is 0 Å². The quantitative estimate of drug-likeness (QED) is 0.338. The van der Waals surface area contributed by atoms with Gasteiger partial charge in [-0.05, 0) is 55.1 Å². The summed E-state index contributed by atoms with van der Waals surface area (Å²) in [4.78, 5) is 12.6. The van der Waals surface area contributed by atoms with Gasteiger partial charge in [0.05, 0.1) is 5.56 Å². The third kappa shape index (κ3) is 3.93. The summed E-state index contributed by atoms with van der Waals surface area (Å²) in [6.45, 7) is 0. The zero-order valence-corrected chi connectivity index (χ0v) is 17.7. The Kier molecular flexibility index (Phi) is 5.41. The Morgan fingerprint density at radius 1 is 0.786 bits per heavy atom. The third-order valence-corrected chi connectivity index (χ3v) is 5.54. The maximum atomic E-state index is 12.6. The number of anilines is 1. The summed E-state index contributed by atoms with van der Waals surface area (Å²) in [5.41, 5.74) is 3.66. The van der Waals surface area contributed by atoms with Gasteiger partial charge in [-0.3, -0.25) is 4.79 Å². The van der Waals surface area contributed by atoms with Gasteiger partial charge in [0, 0.05) is 20.6 Å². The first-order valence-electron chi connectivity index (χ1n) is 8.50. The second-order valence-corrected chi connectivity index (χ2v) is 7.78. The minimum Gasteiger partial charge on any atom is -0.354 e. The van der Waals surface area contributed by atoms with Crippen molar-refractivity contribution < 1.29 is 9.32 Å². The van der Waals surface area contributed by atoms with E-state index >= 15 is 0 Å². The van der Waals surface area contributed by atoms with Gasteiger partial charge in [-0.15, -0.1) is 0 Å². The van der Waals surface area contributed by atoms with Crippen LogP contribution in [0.1, 0.15) is 10.4 Å². The smallest absolute Gasteiger partial charge is 0.259 e. The maximum absolute atomic E-state index is 12.6. The van der Waals surface area contributed by atoms with Gasteiger partial charge >= 0.3 is 0 Å². The van der Waals surface area contributed by atoms with Crippen molar-refractivity contribution in [3.8, 4) is 22.5 Å². The van der Waals surface area contributed by atoms with E-state index in [0.717, 1.165) is 16.7 Å². The second kappa shape index (κ2) is 8.12. The molecule has 0 unspecified atom stereocenters. The van der Waals surface area contributed by atoms with Gasteiger partial charge in [-0.25, -0.2) is 0 Å². The molecule has 4 rings (SSSR count). The molecule has 0 atom stereocenters. The summed E-state index contributed by atoms with van der Waals surface area (Å²) >= 11 is 6.79. The number of hydrogen-bond acceptors (Lipinski definition) is 3. The summed E-state index contributed by atoms with van der Waals surface area (Å²) in [6, 6.07) is 25.3. The Labute approximate surface area is 178 Å². The van der Waals surface area contributed by atoms with Crippen molar-refractivity contribution >= 4 is 43.6 Å². The summed E-state index contributed by atoms with van der Waals surface area (Å²) in [5.74, 6) is 0.662. The fourth-order valence-electron chi connectivity index (χ4n) is 2.82. The van der Waals surface area contributed by atoms with Crippen LogP contribution in [0, 0.1) is 0 Å². The van der Waals surface area contributed by atoms with Crippen LogP contribution in [0.2, 0.25) is 0 Å². The second-order valence-electron chi connectivity index (χ2n) is 6.07. The highest BCUT2D eigenvalue weighted by Gasteiger charge is 2.16. The van der Waals surface area contributed by atoms with Crippen LogP contribution in [0.25, 0.3) is 22.5 Å². The molecule has 0 bridgehead atoms. The lowest BCUT2D eigenvalue weighted by Crippen LogP contribution is -2.13. The number of benzene rings is 3. The summed E-state index contributed by atoms with van der Waals surface area (Å²) in [7, 11) is 0. The van der Waals surface area contributed by atoms with Crippen molar-refractivity contribution in [2.24, 2.45) is 0 Å². The molecule has 1 amide bonds. The number of amides is 1. The highest BCUT2D eigenvalue weighted by Crippen LogP contribution is 2.28. The molecular weight excluding hydrogens is 484 g/mol. The first-order chi connectivity index (χ1) is 13.6. The van der Waals surface area contributed by atoms with E-state index in [4.69, 9.17) is 4.52 Å². The Morgan fingerprint density at radius 3 is 2.07 bits per heavy atom. The molecule has 4 aromatic rings. The van der Waals surface area contributed by atoms with Crippen molar-refractivity contribution in [2.75, 3.05) is 5.32 Å². The zero-order chi connectivity index (χ0) is 19.5. The molecule has 0 spiro atoms. The van der Waals surface area contributed by atoms with Crippen LogP contribution in [0.15, 0.2) is 92.3 Å². The van der Waals surface area contributed by atoms with Crippen molar-refractivity contribution in [1.82, 2.24) is 5.16 Å². The van der Waals surface area contributed by atoms with E-state index in [1.54, 1.807) is 6.07 Å². The lowest BCUT2D eigenvalue weighted by atomic mass is 10.0. The largest absolute Gasteiger partial charge is 0.354 e. The van der Waals surface area contributed by atoms with Crippen LogP contribution >= 0.6 is 31.9 Å². The van der Waals surface area contributed by atoms with Crippen LogP contribution in [-0.4, -0.2) is 11.1 Å². The molecule has 138 valence electrons. The molecule has 4 nitrogen and oxygen atoms in total. The fourth-order valence-corrected chi connectivity index (χ4v) is 4.18. The van der Waals surface area contributed by atoms with E-state index in [1.807, 2.05) is 60.7 Å². The van der Waals surface area contributed by atoms with E-state index in [9.17, 15) is 4.79 Å². The standard InChI is InChI=1S/C22H14Br2N2O2/c23-17-7-4-8-18(24)21(17)22(27)25-20-13-19(28-26-20)16-11-9-15(10-12-16)14-5-2-1-3-6-14/h1-13H,(H,25,26,27). The minimum absolute atomic E-state index is 0.279. The van der Waals surface area contributed by atoms with Gasteiger partial charge in [-0.1, -0.05) is 65.8 Å². The molecular formula is C22H14Br2N2O2. The van der Waals surface area contributed by atoms with Crippen LogP contribution in [0.3, 0.4) is 0 Å². The van der Waals surface area contributed by atoms with Crippen LogP contribution in [-0.2, 0) is 0 Å². The van der Waals surface area contributed by atoms with Gasteiger partial charge in [0.1, 0.15) is 0 Å². The third-order valence-electron chi connectivity index (χ3n) is 4.22. The van der Waals surface area contributed by atoms with Crippen LogP contribution in [0.4, 0.5) is 5.82 Å². The predicted molar refractivity (Wildman–Crippen MR) is 117 cm³/mol. The number of halogens is 2. The first-order valence-corrected chi connectivity index (χ1v) is 10.1. The number of hydrogen-bond donors (Lipinski definition) is 1. The molecule has 0 aliphatic heterocycles. The maximum Gasteiger partial charge on any atom is 0.259 e. The average Bonchev–Trinajstić information content (AvgIpc) is 3.17. The predicted octanol–water partition coefficient (Wildman–Crippen LogP) is 6.79. The van der Waals surface area contributed by atoms with Crippen molar-refractivity contribution in [2.45, 2.75) is 0 Å². The van der Waals surface area contributed by atoms with Gasteiger partial charge in [0.2, 0.25) is 0 Å².